The smallest absolute Gasteiger partial charge is 0.248 e. The van der Waals surface area contributed by atoms with Gasteiger partial charge in [0.2, 0.25) is 5.91 Å². The van der Waals surface area contributed by atoms with Crippen LogP contribution in [0.25, 0.3) is 0 Å². The molecule has 0 bridgehead atoms. The molecule has 0 unspecified atom stereocenters. The average molecular weight is 246 g/mol. The number of pyridine rings is 1. The first-order valence-corrected chi connectivity index (χ1v) is 5.57. The molecular formula is C16H10N2O. The molecule has 0 aliphatic rings. The van der Waals surface area contributed by atoms with Gasteiger partial charge in [0.25, 0.3) is 0 Å². The number of carbonyl (C=O) groups excluding carboxylic acids is 1. The first kappa shape index (κ1) is 12.4. The van der Waals surface area contributed by atoms with E-state index in [9.17, 15) is 4.79 Å². The Balaban J connectivity index is 2.09. The molecule has 19 heavy (non-hydrogen) atoms. The summed E-state index contributed by atoms with van der Waals surface area (Å²) in [4.78, 5) is 14.8. The maximum absolute atomic E-state index is 10.9. The first-order chi connectivity index (χ1) is 9.25. The van der Waals surface area contributed by atoms with Crippen molar-refractivity contribution in [3.8, 4) is 23.7 Å². The fraction of sp³-hybridized carbons (Fsp3) is 0. The van der Waals surface area contributed by atoms with Gasteiger partial charge < -0.3 is 5.73 Å². The molecule has 2 rings (SSSR count). The Bertz CT molecular complexity index is 696. The van der Waals surface area contributed by atoms with Gasteiger partial charge >= 0.3 is 0 Å². The molecule has 0 aliphatic carbocycles. The molecule has 0 saturated carbocycles. The zero-order chi connectivity index (χ0) is 13.5. The lowest BCUT2D eigenvalue weighted by Gasteiger charge is -1.93. The van der Waals surface area contributed by atoms with Gasteiger partial charge in [0.05, 0.1) is 0 Å². The van der Waals surface area contributed by atoms with Crippen LogP contribution in [-0.2, 0) is 0 Å². The van der Waals surface area contributed by atoms with Crippen molar-refractivity contribution in [1.29, 1.82) is 0 Å². The Morgan fingerprint density at radius 3 is 2.26 bits per heavy atom. The second-order valence-electron chi connectivity index (χ2n) is 3.68. The van der Waals surface area contributed by atoms with E-state index < -0.39 is 5.91 Å². The summed E-state index contributed by atoms with van der Waals surface area (Å²) in [6.07, 6.45) is 3.37. The molecule has 0 fully saturated rings. The Hall–Kier alpha value is -3.04. The van der Waals surface area contributed by atoms with Crippen molar-refractivity contribution in [2.75, 3.05) is 0 Å². The Labute approximate surface area is 111 Å². The van der Waals surface area contributed by atoms with Crippen molar-refractivity contribution in [2.24, 2.45) is 5.73 Å². The van der Waals surface area contributed by atoms with Gasteiger partial charge in [0.15, 0.2) is 0 Å². The van der Waals surface area contributed by atoms with E-state index in [2.05, 4.69) is 28.7 Å². The Kier molecular flexibility index (Phi) is 3.95. The predicted molar refractivity (Wildman–Crippen MR) is 73.0 cm³/mol. The summed E-state index contributed by atoms with van der Waals surface area (Å²) in [5.74, 6) is 10.8. The number of aromatic nitrogens is 1. The second-order valence-corrected chi connectivity index (χ2v) is 3.68. The number of nitrogens with zero attached hydrogens (tertiary/aromatic N) is 1. The highest BCUT2D eigenvalue weighted by Crippen LogP contribution is 2.01. The fourth-order valence-corrected chi connectivity index (χ4v) is 1.36. The molecule has 1 amide bonds. The molecule has 3 heteroatoms. The third-order valence-electron chi connectivity index (χ3n) is 2.31. The van der Waals surface area contributed by atoms with E-state index in [1.807, 2.05) is 12.1 Å². The van der Waals surface area contributed by atoms with Crippen molar-refractivity contribution in [3.05, 3.63) is 65.5 Å². The number of carbonyl (C=O) groups is 1. The van der Waals surface area contributed by atoms with Crippen LogP contribution in [0.15, 0.2) is 48.8 Å². The molecule has 90 valence electrons. The lowest BCUT2D eigenvalue weighted by molar-refractivity contribution is 0.100. The summed E-state index contributed by atoms with van der Waals surface area (Å²) in [6, 6.07) is 10.4. The average Bonchev–Trinajstić information content (AvgIpc) is 2.45. The minimum Gasteiger partial charge on any atom is -0.366 e. The van der Waals surface area contributed by atoms with Crippen LogP contribution in [0, 0.1) is 23.7 Å². The van der Waals surface area contributed by atoms with Gasteiger partial charge in [-0.25, -0.2) is 0 Å². The van der Waals surface area contributed by atoms with Crippen molar-refractivity contribution in [1.82, 2.24) is 4.98 Å². The second kappa shape index (κ2) is 6.05. The van der Waals surface area contributed by atoms with Gasteiger partial charge in [-0.15, -0.1) is 0 Å². The van der Waals surface area contributed by atoms with E-state index >= 15 is 0 Å². The van der Waals surface area contributed by atoms with E-state index in [-0.39, 0.29) is 0 Å². The summed E-state index contributed by atoms with van der Waals surface area (Å²) in [5, 5.41) is 0. The molecule has 0 saturated heterocycles. The van der Waals surface area contributed by atoms with E-state index in [0.717, 1.165) is 11.1 Å². The minimum atomic E-state index is -0.448. The van der Waals surface area contributed by atoms with Crippen LogP contribution >= 0.6 is 0 Å². The fourth-order valence-electron chi connectivity index (χ4n) is 1.36. The van der Waals surface area contributed by atoms with Gasteiger partial charge in [0.1, 0.15) is 0 Å². The standard InChI is InChI=1S/C16H10N2O/c17-16(19)15-9-7-13(8-10-15)4-1-2-5-14-6-3-11-18-12-14/h3,6-12H,(H2,17,19). The molecule has 2 N–H and O–H groups in total. The molecule has 1 aromatic carbocycles. The summed E-state index contributed by atoms with van der Waals surface area (Å²) in [7, 11) is 0. The van der Waals surface area contributed by atoms with Gasteiger partial charge in [-0.05, 0) is 48.2 Å². The van der Waals surface area contributed by atoms with Crippen LogP contribution in [0.4, 0.5) is 0 Å². The number of hydrogen-bond donors (Lipinski definition) is 1. The summed E-state index contributed by atoms with van der Waals surface area (Å²) in [6.45, 7) is 0. The Morgan fingerprint density at radius 1 is 1.00 bits per heavy atom. The molecule has 2 aromatic rings. The van der Waals surface area contributed by atoms with E-state index in [1.165, 1.54) is 0 Å². The molecule has 0 aliphatic heterocycles. The SMILES string of the molecule is NC(=O)c1ccc(C#CC#Cc2cccnc2)cc1. The molecule has 0 spiro atoms. The minimum absolute atomic E-state index is 0.448. The molecule has 0 radical (unpaired) electrons. The first-order valence-electron chi connectivity index (χ1n) is 5.57. The third-order valence-corrected chi connectivity index (χ3v) is 2.31. The number of hydrogen-bond acceptors (Lipinski definition) is 2. The van der Waals surface area contributed by atoms with E-state index in [1.54, 1.807) is 36.7 Å². The highest BCUT2D eigenvalue weighted by atomic mass is 16.1. The summed E-state index contributed by atoms with van der Waals surface area (Å²) < 4.78 is 0. The monoisotopic (exact) mass is 246 g/mol. The zero-order valence-electron chi connectivity index (χ0n) is 10.1. The summed E-state index contributed by atoms with van der Waals surface area (Å²) >= 11 is 0. The predicted octanol–water partition coefficient (Wildman–Crippen LogP) is 1.58. The van der Waals surface area contributed by atoms with Crippen LogP contribution in [0.1, 0.15) is 21.5 Å². The molecular weight excluding hydrogens is 236 g/mol. The van der Waals surface area contributed by atoms with Crippen molar-refractivity contribution < 1.29 is 4.79 Å². The van der Waals surface area contributed by atoms with Gasteiger partial charge in [-0.1, -0.05) is 11.8 Å². The van der Waals surface area contributed by atoms with Crippen molar-refractivity contribution in [3.63, 3.8) is 0 Å². The topological polar surface area (TPSA) is 56.0 Å². The van der Waals surface area contributed by atoms with E-state index in [4.69, 9.17) is 5.73 Å². The molecule has 0 atom stereocenters. The van der Waals surface area contributed by atoms with Gasteiger partial charge in [-0.2, -0.15) is 0 Å². The number of benzene rings is 1. The Morgan fingerprint density at radius 2 is 1.68 bits per heavy atom. The zero-order valence-corrected chi connectivity index (χ0v) is 10.1. The highest BCUT2D eigenvalue weighted by molar-refractivity contribution is 5.92. The van der Waals surface area contributed by atoms with E-state index in [0.29, 0.717) is 5.56 Å². The highest BCUT2D eigenvalue weighted by Gasteiger charge is 1.97. The van der Waals surface area contributed by atoms with Crippen molar-refractivity contribution in [2.45, 2.75) is 0 Å². The van der Waals surface area contributed by atoms with Crippen LogP contribution in [0.2, 0.25) is 0 Å². The normalized spacial score (nSPS) is 8.63. The maximum atomic E-state index is 10.9. The van der Waals surface area contributed by atoms with Gasteiger partial charge in [-0.3, -0.25) is 9.78 Å². The molecule has 1 heterocycles. The lowest BCUT2D eigenvalue weighted by Crippen LogP contribution is -2.10. The largest absolute Gasteiger partial charge is 0.366 e. The number of primary amides is 1. The van der Waals surface area contributed by atoms with Crippen molar-refractivity contribution >= 4 is 5.91 Å². The van der Waals surface area contributed by atoms with Crippen LogP contribution in [0.3, 0.4) is 0 Å². The van der Waals surface area contributed by atoms with Crippen LogP contribution in [-0.4, -0.2) is 10.9 Å². The van der Waals surface area contributed by atoms with Crippen LogP contribution < -0.4 is 5.73 Å². The molecule has 3 nitrogen and oxygen atoms in total. The van der Waals surface area contributed by atoms with Crippen LogP contribution in [0.5, 0.6) is 0 Å². The third kappa shape index (κ3) is 3.73. The quantitative estimate of drug-likeness (QED) is 0.777. The summed E-state index contributed by atoms with van der Waals surface area (Å²) in [5.41, 5.74) is 7.21. The molecule has 1 aromatic heterocycles. The number of rotatable bonds is 1. The van der Waals surface area contributed by atoms with Gasteiger partial charge in [0, 0.05) is 29.1 Å². The maximum Gasteiger partial charge on any atom is 0.248 e. The number of nitrogens with two attached hydrogens (primary N) is 1. The lowest BCUT2D eigenvalue weighted by atomic mass is 10.1. The number of amides is 1.